The van der Waals surface area contributed by atoms with Crippen molar-refractivity contribution in [3.05, 3.63) is 86.6 Å². The fourth-order valence-electron chi connectivity index (χ4n) is 2.71. The van der Waals surface area contributed by atoms with Crippen LogP contribution in [0.5, 0.6) is 11.5 Å². The summed E-state index contributed by atoms with van der Waals surface area (Å²) in [6, 6.07) is 15.9. The first-order valence-corrected chi connectivity index (χ1v) is 10.3. The molecule has 3 rings (SSSR count). The number of hydrogen-bond donors (Lipinski definition) is 0. The minimum absolute atomic E-state index is 0.0977. The second kappa shape index (κ2) is 9.90. The summed E-state index contributed by atoms with van der Waals surface area (Å²) in [6.45, 7) is 4.39. The summed E-state index contributed by atoms with van der Waals surface area (Å²) in [7, 11) is 0. The third kappa shape index (κ3) is 5.37. The van der Waals surface area contributed by atoms with Crippen molar-refractivity contribution in [3.8, 4) is 11.5 Å². The average Bonchev–Trinajstić information content (AvgIpc) is 2.70. The van der Waals surface area contributed by atoms with E-state index >= 15 is 0 Å². The minimum atomic E-state index is -0.303. The Morgan fingerprint density at radius 1 is 1.10 bits per heavy atom. The van der Waals surface area contributed by atoms with Gasteiger partial charge in [-0.15, -0.1) is 0 Å². The first-order chi connectivity index (χ1) is 14.0. The maximum absolute atomic E-state index is 13.9. The van der Waals surface area contributed by atoms with E-state index in [1.807, 2.05) is 44.2 Å². The maximum atomic E-state index is 13.9. The van der Waals surface area contributed by atoms with Crippen LogP contribution in [-0.2, 0) is 6.61 Å². The van der Waals surface area contributed by atoms with Crippen molar-refractivity contribution in [1.82, 2.24) is 0 Å². The number of halogens is 3. The standard InChI is InChI=1S/C23H20BrClFNO2/c1-3-28-22-12-16(13-27-21-10-6-8-19(25)15(21)2)11-18(24)23(22)29-14-17-7-4-5-9-20(17)26/h4-13H,3,14H2,1-2H3. The summed E-state index contributed by atoms with van der Waals surface area (Å²) < 4.78 is 26.2. The summed E-state index contributed by atoms with van der Waals surface area (Å²) >= 11 is 9.69. The molecule has 150 valence electrons. The highest BCUT2D eigenvalue weighted by Crippen LogP contribution is 2.37. The summed E-state index contributed by atoms with van der Waals surface area (Å²) in [5.41, 5.74) is 3.02. The lowest BCUT2D eigenvalue weighted by Crippen LogP contribution is -2.02. The van der Waals surface area contributed by atoms with E-state index < -0.39 is 0 Å². The fraction of sp³-hybridized carbons (Fsp3) is 0.174. The van der Waals surface area contributed by atoms with Gasteiger partial charge in [-0.3, -0.25) is 4.99 Å². The van der Waals surface area contributed by atoms with Crippen LogP contribution in [0.2, 0.25) is 5.02 Å². The zero-order valence-corrected chi connectivity index (χ0v) is 18.4. The van der Waals surface area contributed by atoms with Crippen LogP contribution in [0.1, 0.15) is 23.6 Å². The molecule has 0 amide bonds. The quantitative estimate of drug-likeness (QED) is 0.335. The predicted octanol–water partition coefficient (Wildman–Crippen LogP) is 7.28. The van der Waals surface area contributed by atoms with Crippen LogP contribution < -0.4 is 9.47 Å². The highest BCUT2D eigenvalue weighted by Gasteiger charge is 2.13. The van der Waals surface area contributed by atoms with Gasteiger partial charge in [-0.2, -0.15) is 0 Å². The number of ether oxygens (including phenoxy) is 2. The van der Waals surface area contributed by atoms with Crippen LogP contribution in [0.4, 0.5) is 10.1 Å². The SMILES string of the molecule is CCOc1cc(C=Nc2cccc(Cl)c2C)cc(Br)c1OCc1ccccc1F. The van der Waals surface area contributed by atoms with Gasteiger partial charge in [-0.1, -0.05) is 35.9 Å². The van der Waals surface area contributed by atoms with E-state index in [-0.39, 0.29) is 12.4 Å². The van der Waals surface area contributed by atoms with Crippen molar-refractivity contribution in [1.29, 1.82) is 0 Å². The van der Waals surface area contributed by atoms with Gasteiger partial charge in [0.15, 0.2) is 11.5 Å². The van der Waals surface area contributed by atoms with E-state index in [9.17, 15) is 4.39 Å². The minimum Gasteiger partial charge on any atom is -0.490 e. The van der Waals surface area contributed by atoms with E-state index in [2.05, 4.69) is 20.9 Å². The van der Waals surface area contributed by atoms with Crippen LogP contribution >= 0.6 is 27.5 Å². The molecule has 6 heteroatoms. The van der Waals surface area contributed by atoms with Crippen LogP contribution in [-0.4, -0.2) is 12.8 Å². The molecule has 0 radical (unpaired) electrons. The maximum Gasteiger partial charge on any atom is 0.175 e. The molecule has 0 heterocycles. The van der Waals surface area contributed by atoms with Gasteiger partial charge in [0.2, 0.25) is 0 Å². The normalized spacial score (nSPS) is 11.1. The average molecular weight is 477 g/mol. The van der Waals surface area contributed by atoms with Crippen molar-refractivity contribution in [2.45, 2.75) is 20.5 Å². The van der Waals surface area contributed by atoms with E-state index in [1.54, 1.807) is 24.4 Å². The smallest absolute Gasteiger partial charge is 0.175 e. The summed E-state index contributed by atoms with van der Waals surface area (Å²) in [5.74, 6) is 0.774. The van der Waals surface area contributed by atoms with E-state index in [4.69, 9.17) is 21.1 Å². The molecule has 0 aliphatic carbocycles. The molecule has 0 saturated carbocycles. The highest BCUT2D eigenvalue weighted by molar-refractivity contribution is 9.10. The molecular formula is C23H20BrClFNO2. The lowest BCUT2D eigenvalue weighted by molar-refractivity contribution is 0.264. The fourth-order valence-corrected chi connectivity index (χ4v) is 3.45. The molecule has 0 unspecified atom stereocenters. The first kappa shape index (κ1) is 21.3. The van der Waals surface area contributed by atoms with Crippen LogP contribution in [0.15, 0.2) is 64.1 Å². The summed E-state index contributed by atoms with van der Waals surface area (Å²) in [6.07, 6.45) is 1.74. The van der Waals surface area contributed by atoms with Crippen molar-refractivity contribution >= 4 is 39.4 Å². The molecule has 0 aliphatic heterocycles. The van der Waals surface area contributed by atoms with Crippen LogP contribution in [0.25, 0.3) is 0 Å². The molecule has 0 aliphatic rings. The Hall–Kier alpha value is -2.37. The molecule has 29 heavy (non-hydrogen) atoms. The van der Waals surface area contributed by atoms with Crippen molar-refractivity contribution in [3.63, 3.8) is 0 Å². The number of rotatable bonds is 7. The van der Waals surface area contributed by atoms with Gasteiger partial charge in [0, 0.05) is 16.8 Å². The Balaban J connectivity index is 1.87. The summed E-state index contributed by atoms with van der Waals surface area (Å²) in [5, 5.41) is 0.674. The molecule has 3 aromatic carbocycles. The van der Waals surface area contributed by atoms with E-state index in [0.29, 0.717) is 33.2 Å². The van der Waals surface area contributed by atoms with Gasteiger partial charge in [0.25, 0.3) is 0 Å². The monoisotopic (exact) mass is 475 g/mol. The first-order valence-electron chi connectivity index (χ1n) is 9.11. The van der Waals surface area contributed by atoms with Gasteiger partial charge < -0.3 is 9.47 Å². The molecule has 0 saturated heterocycles. The molecule has 0 atom stereocenters. The van der Waals surface area contributed by atoms with Crippen LogP contribution in [0.3, 0.4) is 0 Å². The van der Waals surface area contributed by atoms with Crippen molar-refractivity contribution < 1.29 is 13.9 Å². The number of aliphatic imine (C=N–C) groups is 1. The van der Waals surface area contributed by atoms with E-state index in [0.717, 1.165) is 16.8 Å². The number of nitrogens with zero attached hydrogens (tertiary/aromatic N) is 1. The zero-order chi connectivity index (χ0) is 20.8. The van der Waals surface area contributed by atoms with Crippen molar-refractivity contribution in [2.75, 3.05) is 6.61 Å². The Morgan fingerprint density at radius 2 is 1.90 bits per heavy atom. The Morgan fingerprint density at radius 3 is 2.66 bits per heavy atom. The molecule has 0 spiro atoms. The Kier molecular flexibility index (Phi) is 7.29. The Labute approximate surface area is 183 Å². The molecular weight excluding hydrogens is 457 g/mol. The van der Waals surface area contributed by atoms with Gasteiger partial charge in [-0.05, 0) is 71.2 Å². The molecule has 3 nitrogen and oxygen atoms in total. The van der Waals surface area contributed by atoms with Crippen LogP contribution in [0, 0.1) is 12.7 Å². The van der Waals surface area contributed by atoms with Gasteiger partial charge in [0.05, 0.1) is 16.8 Å². The highest BCUT2D eigenvalue weighted by atomic mass is 79.9. The predicted molar refractivity (Wildman–Crippen MR) is 119 cm³/mol. The molecule has 0 fully saturated rings. The molecule has 0 N–H and O–H groups in total. The van der Waals surface area contributed by atoms with Gasteiger partial charge >= 0.3 is 0 Å². The third-order valence-electron chi connectivity index (χ3n) is 4.25. The zero-order valence-electron chi connectivity index (χ0n) is 16.1. The molecule has 0 aromatic heterocycles. The number of benzene rings is 3. The number of hydrogen-bond acceptors (Lipinski definition) is 3. The van der Waals surface area contributed by atoms with Crippen molar-refractivity contribution in [2.24, 2.45) is 4.99 Å². The largest absolute Gasteiger partial charge is 0.490 e. The summed E-state index contributed by atoms with van der Waals surface area (Å²) in [4.78, 5) is 4.54. The molecule has 3 aromatic rings. The van der Waals surface area contributed by atoms with E-state index in [1.165, 1.54) is 6.07 Å². The van der Waals surface area contributed by atoms with Gasteiger partial charge in [-0.25, -0.2) is 4.39 Å². The topological polar surface area (TPSA) is 30.8 Å². The Bertz CT molecular complexity index is 1040. The second-order valence-corrected chi connectivity index (χ2v) is 7.55. The third-order valence-corrected chi connectivity index (χ3v) is 5.25. The lowest BCUT2D eigenvalue weighted by Gasteiger charge is -2.15. The van der Waals surface area contributed by atoms with Gasteiger partial charge in [0.1, 0.15) is 12.4 Å². The lowest BCUT2D eigenvalue weighted by atomic mass is 10.2. The second-order valence-electron chi connectivity index (χ2n) is 6.29. The molecule has 0 bridgehead atoms.